The second-order valence-corrected chi connectivity index (χ2v) is 5.67. The Hall–Kier alpha value is -1.02. The minimum Gasteiger partial charge on any atom is -0.493 e. The smallest absolute Gasteiger partial charge is 0.124 e. The Bertz CT molecular complexity index is 400. The third-order valence-electron chi connectivity index (χ3n) is 3.72. The zero-order valence-electron chi connectivity index (χ0n) is 12.0. The number of nitrogens with one attached hydrogen (secondary N) is 1. The topological polar surface area (TPSA) is 21.3 Å². The van der Waals surface area contributed by atoms with Crippen molar-refractivity contribution in [3.63, 3.8) is 0 Å². The number of fused-ring (bicyclic) bond motifs is 1. The van der Waals surface area contributed by atoms with Crippen molar-refractivity contribution in [2.24, 2.45) is 5.92 Å². The molecule has 100 valence electrons. The Labute approximate surface area is 111 Å². The van der Waals surface area contributed by atoms with Gasteiger partial charge < -0.3 is 10.1 Å². The van der Waals surface area contributed by atoms with Crippen molar-refractivity contribution in [1.29, 1.82) is 0 Å². The third-order valence-corrected chi connectivity index (χ3v) is 3.72. The molecule has 2 atom stereocenters. The highest BCUT2D eigenvalue weighted by Crippen LogP contribution is 2.37. The standard InChI is InChI=1S/C16H25NO/c1-5-8-17-16-12(4)10-18-15-7-6-13(11(2)3)9-14(15)16/h6-7,9,11-12,16-17H,5,8,10H2,1-4H3. The summed E-state index contributed by atoms with van der Waals surface area (Å²) in [5.74, 6) is 2.16. The first-order valence-corrected chi connectivity index (χ1v) is 7.13. The third kappa shape index (κ3) is 2.69. The van der Waals surface area contributed by atoms with Crippen molar-refractivity contribution < 1.29 is 4.74 Å². The van der Waals surface area contributed by atoms with Gasteiger partial charge in [-0.3, -0.25) is 0 Å². The van der Waals surface area contributed by atoms with Crippen molar-refractivity contribution in [2.45, 2.75) is 46.1 Å². The Morgan fingerprint density at radius 2 is 2.17 bits per heavy atom. The summed E-state index contributed by atoms with van der Waals surface area (Å²) < 4.78 is 5.84. The van der Waals surface area contributed by atoms with E-state index in [0.29, 0.717) is 17.9 Å². The van der Waals surface area contributed by atoms with Gasteiger partial charge in [0.1, 0.15) is 5.75 Å². The molecule has 18 heavy (non-hydrogen) atoms. The van der Waals surface area contributed by atoms with Crippen LogP contribution in [0.4, 0.5) is 0 Å². The maximum Gasteiger partial charge on any atom is 0.124 e. The van der Waals surface area contributed by atoms with Gasteiger partial charge in [-0.2, -0.15) is 0 Å². The first-order valence-electron chi connectivity index (χ1n) is 7.13. The molecule has 1 aliphatic rings. The molecule has 1 aromatic rings. The van der Waals surface area contributed by atoms with Crippen LogP contribution in [0, 0.1) is 5.92 Å². The molecule has 0 fully saturated rings. The molecule has 2 unspecified atom stereocenters. The maximum atomic E-state index is 5.84. The maximum absolute atomic E-state index is 5.84. The molecule has 2 heteroatoms. The van der Waals surface area contributed by atoms with Crippen LogP contribution < -0.4 is 10.1 Å². The Morgan fingerprint density at radius 3 is 2.83 bits per heavy atom. The van der Waals surface area contributed by atoms with Crippen LogP contribution in [0.25, 0.3) is 0 Å². The van der Waals surface area contributed by atoms with Crippen molar-refractivity contribution >= 4 is 0 Å². The molecule has 1 aromatic carbocycles. The Balaban J connectivity index is 2.30. The number of hydrogen-bond acceptors (Lipinski definition) is 2. The average Bonchev–Trinajstić information content (AvgIpc) is 2.37. The van der Waals surface area contributed by atoms with E-state index in [1.165, 1.54) is 17.5 Å². The van der Waals surface area contributed by atoms with E-state index in [0.717, 1.165) is 18.9 Å². The van der Waals surface area contributed by atoms with Crippen molar-refractivity contribution in [1.82, 2.24) is 5.32 Å². The number of hydrogen-bond donors (Lipinski definition) is 1. The van der Waals surface area contributed by atoms with E-state index in [9.17, 15) is 0 Å². The predicted molar refractivity (Wildman–Crippen MR) is 76.2 cm³/mol. The summed E-state index contributed by atoms with van der Waals surface area (Å²) in [5.41, 5.74) is 2.74. The van der Waals surface area contributed by atoms with E-state index >= 15 is 0 Å². The van der Waals surface area contributed by atoms with Crippen LogP contribution in [0.5, 0.6) is 5.75 Å². The summed E-state index contributed by atoms with van der Waals surface area (Å²) in [6.45, 7) is 10.8. The Morgan fingerprint density at radius 1 is 1.39 bits per heavy atom. The van der Waals surface area contributed by atoms with Crippen LogP contribution >= 0.6 is 0 Å². The molecular formula is C16H25NO. The quantitative estimate of drug-likeness (QED) is 0.872. The molecule has 0 saturated carbocycles. The van der Waals surface area contributed by atoms with Gasteiger partial charge in [0, 0.05) is 17.5 Å². The van der Waals surface area contributed by atoms with Gasteiger partial charge >= 0.3 is 0 Å². The largest absolute Gasteiger partial charge is 0.493 e. The molecule has 2 nitrogen and oxygen atoms in total. The van der Waals surface area contributed by atoms with Gasteiger partial charge in [-0.15, -0.1) is 0 Å². The lowest BCUT2D eigenvalue weighted by atomic mass is 9.89. The van der Waals surface area contributed by atoms with Crippen LogP contribution in [-0.2, 0) is 0 Å². The minimum atomic E-state index is 0.437. The fourth-order valence-electron chi connectivity index (χ4n) is 2.54. The number of ether oxygens (including phenoxy) is 1. The highest BCUT2D eigenvalue weighted by Gasteiger charge is 2.27. The van der Waals surface area contributed by atoms with E-state index < -0.39 is 0 Å². The van der Waals surface area contributed by atoms with E-state index in [1.807, 2.05) is 0 Å². The summed E-state index contributed by atoms with van der Waals surface area (Å²) in [6.07, 6.45) is 1.17. The lowest BCUT2D eigenvalue weighted by molar-refractivity contribution is 0.188. The zero-order valence-corrected chi connectivity index (χ0v) is 12.0. The summed E-state index contributed by atoms with van der Waals surface area (Å²) in [7, 11) is 0. The molecule has 1 N–H and O–H groups in total. The van der Waals surface area contributed by atoms with Gasteiger partial charge in [0.05, 0.1) is 6.61 Å². The highest BCUT2D eigenvalue weighted by molar-refractivity contribution is 5.42. The van der Waals surface area contributed by atoms with Gasteiger partial charge in [0.15, 0.2) is 0 Å². The molecule has 0 spiro atoms. The van der Waals surface area contributed by atoms with Crippen molar-refractivity contribution in [3.8, 4) is 5.75 Å². The summed E-state index contributed by atoms with van der Waals surface area (Å²) >= 11 is 0. The van der Waals surface area contributed by atoms with E-state index in [4.69, 9.17) is 4.74 Å². The first-order chi connectivity index (χ1) is 8.63. The average molecular weight is 247 g/mol. The van der Waals surface area contributed by atoms with E-state index in [-0.39, 0.29) is 0 Å². The van der Waals surface area contributed by atoms with Crippen LogP contribution in [0.15, 0.2) is 18.2 Å². The molecule has 1 heterocycles. The van der Waals surface area contributed by atoms with Gasteiger partial charge in [-0.25, -0.2) is 0 Å². The number of benzene rings is 1. The van der Waals surface area contributed by atoms with E-state index in [2.05, 4.69) is 51.2 Å². The highest BCUT2D eigenvalue weighted by atomic mass is 16.5. The molecule has 0 amide bonds. The van der Waals surface area contributed by atoms with Gasteiger partial charge in [0.2, 0.25) is 0 Å². The molecule has 0 aliphatic carbocycles. The fraction of sp³-hybridized carbons (Fsp3) is 0.625. The summed E-state index contributed by atoms with van der Waals surface area (Å²) in [6, 6.07) is 7.09. The lowest BCUT2D eigenvalue weighted by Gasteiger charge is -2.33. The van der Waals surface area contributed by atoms with Crippen molar-refractivity contribution in [2.75, 3.05) is 13.2 Å². The predicted octanol–water partition coefficient (Wildman–Crippen LogP) is 3.88. The molecule has 0 aromatic heterocycles. The summed E-state index contributed by atoms with van der Waals surface area (Å²) in [4.78, 5) is 0. The normalized spacial score (nSPS) is 22.7. The van der Waals surface area contributed by atoms with Crippen LogP contribution in [0.2, 0.25) is 0 Å². The van der Waals surface area contributed by atoms with Crippen LogP contribution in [0.3, 0.4) is 0 Å². The van der Waals surface area contributed by atoms with Gasteiger partial charge in [-0.1, -0.05) is 39.8 Å². The molecule has 0 saturated heterocycles. The van der Waals surface area contributed by atoms with Crippen LogP contribution in [0.1, 0.15) is 57.2 Å². The van der Waals surface area contributed by atoms with Gasteiger partial charge in [0.25, 0.3) is 0 Å². The van der Waals surface area contributed by atoms with E-state index in [1.54, 1.807) is 0 Å². The molecular weight excluding hydrogens is 222 g/mol. The monoisotopic (exact) mass is 247 g/mol. The SMILES string of the molecule is CCCNC1c2cc(C(C)C)ccc2OCC1C. The van der Waals surface area contributed by atoms with Crippen molar-refractivity contribution in [3.05, 3.63) is 29.3 Å². The molecule has 0 radical (unpaired) electrons. The second kappa shape index (κ2) is 5.75. The molecule has 0 bridgehead atoms. The minimum absolute atomic E-state index is 0.437. The second-order valence-electron chi connectivity index (χ2n) is 5.67. The fourth-order valence-corrected chi connectivity index (χ4v) is 2.54. The number of rotatable bonds is 4. The lowest BCUT2D eigenvalue weighted by Crippen LogP contribution is -2.34. The molecule has 1 aliphatic heterocycles. The Kier molecular flexibility index (Phi) is 4.28. The summed E-state index contributed by atoms with van der Waals surface area (Å²) in [5, 5.41) is 3.66. The molecule has 2 rings (SSSR count). The van der Waals surface area contributed by atoms with Crippen LogP contribution in [-0.4, -0.2) is 13.2 Å². The zero-order chi connectivity index (χ0) is 13.1. The first kappa shape index (κ1) is 13.4. The van der Waals surface area contributed by atoms with Gasteiger partial charge in [-0.05, 0) is 30.5 Å².